The van der Waals surface area contributed by atoms with E-state index in [9.17, 15) is 0 Å². The lowest BCUT2D eigenvalue weighted by Gasteiger charge is -2.30. The Kier molecular flexibility index (Phi) is 11.2. The number of nitrogens with zero attached hydrogens (tertiary/aromatic N) is 1. The summed E-state index contributed by atoms with van der Waals surface area (Å²) in [6, 6.07) is 86.6. The molecule has 1 heteroatoms. The summed E-state index contributed by atoms with van der Waals surface area (Å²) in [5.74, 6) is 0. The summed E-state index contributed by atoms with van der Waals surface area (Å²) < 4.78 is 0. The zero-order valence-corrected chi connectivity index (χ0v) is 44.4. The van der Waals surface area contributed by atoms with Crippen LogP contribution >= 0.6 is 0 Å². The highest BCUT2D eigenvalue weighted by Crippen LogP contribution is 2.55. The Hall–Kier alpha value is -8.00. The molecule has 0 radical (unpaired) electrons. The summed E-state index contributed by atoms with van der Waals surface area (Å²) in [5.41, 5.74) is 27.5. The van der Waals surface area contributed by atoms with Gasteiger partial charge < -0.3 is 4.90 Å². The van der Waals surface area contributed by atoms with Gasteiger partial charge in [0.05, 0.1) is 5.69 Å². The maximum Gasteiger partial charge on any atom is 0.0540 e. The van der Waals surface area contributed by atoms with Crippen molar-refractivity contribution in [2.75, 3.05) is 4.90 Å². The van der Waals surface area contributed by atoms with E-state index >= 15 is 0 Å². The van der Waals surface area contributed by atoms with Crippen LogP contribution < -0.4 is 4.90 Å². The van der Waals surface area contributed by atoms with Crippen LogP contribution in [0.5, 0.6) is 0 Å². The number of hydrogen-bond acceptors (Lipinski definition) is 1. The van der Waals surface area contributed by atoms with Gasteiger partial charge in [0.25, 0.3) is 0 Å². The average molecular weight is 956 g/mol. The molecule has 10 aromatic carbocycles. The van der Waals surface area contributed by atoms with Crippen molar-refractivity contribution in [3.63, 3.8) is 0 Å². The number of rotatable bonds is 8. The maximum atomic E-state index is 2.46. The minimum absolute atomic E-state index is 0.0228. The van der Waals surface area contributed by atoms with Crippen molar-refractivity contribution >= 4 is 17.1 Å². The Balaban J connectivity index is 0.981. The second-order valence-electron chi connectivity index (χ2n) is 23.5. The molecule has 0 spiro atoms. The molecule has 2 aliphatic rings. The van der Waals surface area contributed by atoms with Crippen molar-refractivity contribution in [2.24, 2.45) is 0 Å². The van der Waals surface area contributed by atoms with Gasteiger partial charge in [0, 0.05) is 27.8 Å². The zero-order valence-electron chi connectivity index (χ0n) is 44.4. The van der Waals surface area contributed by atoms with Crippen molar-refractivity contribution in [1.29, 1.82) is 0 Å². The van der Waals surface area contributed by atoms with Gasteiger partial charge >= 0.3 is 0 Å². The molecule has 0 heterocycles. The molecule has 0 amide bonds. The summed E-state index contributed by atoms with van der Waals surface area (Å²) in [4.78, 5) is 2.46. The predicted molar refractivity (Wildman–Crippen MR) is 315 cm³/mol. The van der Waals surface area contributed by atoms with Crippen LogP contribution in [0.4, 0.5) is 17.1 Å². The van der Waals surface area contributed by atoms with Gasteiger partial charge in [-0.3, -0.25) is 0 Å². The van der Waals surface area contributed by atoms with Gasteiger partial charge in [0.15, 0.2) is 0 Å². The first kappa shape index (κ1) is 47.0. The van der Waals surface area contributed by atoms with Gasteiger partial charge in [-0.1, -0.05) is 250 Å². The summed E-state index contributed by atoms with van der Waals surface area (Å²) >= 11 is 0. The van der Waals surface area contributed by atoms with Crippen molar-refractivity contribution in [3.05, 3.63) is 269 Å². The third kappa shape index (κ3) is 7.75. The van der Waals surface area contributed by atoms with Crippen LogP contribution in [0.3, 0.4) is 0 Å². The van der Waals surface area contributed by atoms with Crippen molar-refractivity contribution in [2.45, 2.75) is 84.0 Å². The van der Waals surface area contributed by atoms with Crippen LogP contribution in [-0.4, -0.2) is 0 Å². The molecule has 12 rings (SSSR count). The topological polar surface area (TPSA) is 3.24 Å². The van der Waals surface area contributed by atoms with Crippen molar-refractivity contribution in [1.82, 2.24) is 0 Å². The van der Waals surface area contributed by atoms with Crippen LogP contribution in [0.1, 0.15) is 101 Å². The summed E-state index contributed by atoms with van der Waals surface area (Å²) in [6.07, 6.45) is 0. The highest BCUT2D eigenvalue weighted by Gasteiger charge is 2.41. The molecule has 2 aliphatic carbocycles. The van der Waals surface area contributed by atoms with Crippen molar-refractivity contribution < 1.29 is 0 Å². The molecule has 0 N–H and O–H groups in total. The second kappa shape index (κ2) is 17.6. The standard InChI is InChI=1S/C73H65N/c1-70(2,3)53-44-51(45-54(47-53)71(4,5)6)58-25-17-20-33-68(58)74(55-39-34-48(35-40-55)50-38-43-62-60-27-16-19-32-66(60)73(9,67(62)46-50)52-22-11-10-12-23-52)56-41-36-49(37-42-56)57-24-13-14-26-59(57)63-29-21-30-64-61-28-15-18-31-65(61)72(7,8)69(63)64/h10-47H,1-9H3. The smallest absolute Gasteiger partial charge is 0.0540 e. The van der Waals surface area contributed by atoms with E-state index in [1.165, 1.54) is 106 Å². The molecule has 0 saturated heterocycles. The summed E-state index contributed by atoms with van der Waals surface area (Å²) in [6.45, 7) is 21.1. The Bertz CT molecular complexity index is 3730. The van der Waals surface area contributed by atoms with E-state index in [0.717, 1.165) is 17.1 Å². The Morgan fingerprint density at radius 2 is 0.770 bits per heavy atom. The summed E-state index contributed by atoms with van der Waals surface area (Å²) in [7, 11) is 0. The molecule has 0 bridgehead atoms. The average Bonchev–Trinajstić information content (AvgIpc) is 3.84. The molecule has 1 atom stereocenters. The van der Waals surface area contributed by atoms with E-state index < -0.39 is 0 Å². The fourth-order valence-electron chi connectivity index (χ4n) is 12.4. The number of hydrogen-bond donors (Lipinski definition) is 0. The van der Waals surface area contributed by atoms with Crippen LogP contribution in [0.25, 0.3) is 66.8 Å². The Morgan fingerprint density at radius 1 is 0.311 bits per heavy atom. The first-order valence-corrected chi connectivity index (χ1v) is 26.5. The molecule has 362 valence electrons. The quantitative estimate of drug-likeness (QED) is 0.147. The van der Waals surface area contributed by atoms with Crippen LogP contribution in [-0.2, 0) is 21.7 Å². The molecule has 1 nitrogen and oxygen atoms in total. The Labute approximate surface area is 439 Å². The lowest BCUT2D eigenvalue weighted by Crippen LogP contribution is -2.22. The van der Waals surface area contributed by atoms with Crippen LogP contribution in [0, 0.1) is 0 Å². The lowest BCUT2D eigenvalue weighted by molar-refractivity contribution is 0.569. The normalized spacial score (nSPS) is 15.3. The third-order valence-electron chi connectivity index (χ3n) is 16.5. The number of anilines is 3. The molecular weight excluding hydrogens is 891 g/mol. The van der Waals surface area contributed by atoms with E-state index in [1.807, 2.05) is 0 Å². The molecule has 74 heavy (non-hydrogen) atoms. The SMILES string of the molecule is CC(C)(C)c1cc(-c2ccccc2N(c2ccc(-c3ccc4c(c3)C(C)(c3ccccc3)c3ccccc3-4)cc2)c2ccc(-c3ccccc3-c3cccc4c3C(C)(C)c3ccccc3-4)cc2)cc(C(C)(C)C)c1. The van der Waals surface area contributed by atoms with E-state index in [-0.39, 0.29) is 21.7 Å². The second-order valence-corrected chi connectivity index (χ2v) is 23.5. The fraction of sp³-hybridized carbons (Fsp3) is 0.178. The number of fused-ring (bicyclic) bond motifs is 6. The zero-order chi connectivity index (χ0) is 51.1. The maximum absolute atomic E-state index is 2.46. The van der Waals surface area contributed by atoms with Gasteiger partial charge in [-0.2, -0.15) is 0 Å². The fourth-order valence-corrected chi connectivity index (χ4v) is 12.4. The van der Waals surface area contributed by atoms with E-state index in [0.29, 0.717) is 0 Å². The third-order valence-corrected chi connectivity index (χ3v) is 16.5. The number of benzene rings is 10. The highest BCUT2D eigenvalue weighted by atomic mass is 15.1. The minimum atomic E-state index is -0.267. The molecular formula is C73H65N. The van der Waals surface area contributed by atoms with Gasteiger partial charge in [0.2, 0.25) is 0 Å². The van der Waals surface area contributed by atoms with Gasteiger partial charge in [0.1, 0.15) is 0 Å². The first-order chi connectivity index (χ1) is 35.6. The molecule has 1 unspecified atom stereocenters. The summed E-state index contributed by atoms with van der Waals surface area (Å²) in [5, 5.41) is 0. The van der Waals surface area contributed by atoms with Gasteiger partial charge in [-0.15, -0.1) is 0 Å². The molecule has 0 aliphatic heterocycles. The Morgan fingerprint density at radius 3 is 1.39 bits per heavy atom. The van der Waals surface area contributed by atoms with Crippen molar-refractivity contribution in [3.8, 4) is 66.8 Å². The van der Waals surface area contributed by atoms with E-state index in [4.69, 9.17) is 0 Å². The highest BCUT2D eigenvalue weighted by molar-refractivity contribution is 5.94. The van der Waals surface area contributed by atoms with Crippen LogP contribution in [0.2, 0.25) is 0 Å². The predicted octanol–water partition coefficient (Wildman–Crippen LogP) is 20.1. The van der Waals surface area contributed by atoms with E-state index in [2.05, 4.69) is 298 Å². The first-order valence-electron chi connectivity index (χ1n) is 26.5. The molecule has 0 aromatic heterocycles. The monoisotopic (exact) mass is 956 g/mol. The number of para-hydroxylation sites is 1. The molecule has 0 fully saturated rings. The molecule has 10 aromatic rings. The van der Waals surface area contributed by atoms with Gasteiger partial charge in [-0.25, -0.2) is 0 Å². The minimum Gasteiger partial charge on any atom is -0.310 e. The van der Waals surface area contributed by atoms with E-state index in [1.54, 1.807) is 0 Å². The van der Waals surface area contributed by atoms with Gasteiger partial charge in [-0.05, 0) is 154 Å². The lowest BCUT2D eigenvalue weighted by atomic mass is 9.74. The molecule has 0 saturated carbocycles. The largest absolute Gasteiger partial charge is 0.310 e. The van der Waals surface area contributed by atoms with Crippen LogP contribution in [0.15, 0.2) is 231 Å².